The molecule has 0 amide bonds. The molecule has 1 heteroatoms. The summed E-state index contributed by atoms with van der Waals surface area (Å²) in [5, 5.41) is 0. The van der Waals surface area contributed by atoms with Crippen LogP contribution in [0.5, 0.6) is 0 Å². The zero-order chi connectivity index (χ0) is 5.82. The maximum atomic E-state index is 3.63. The molecule has 0 atom stereocenters. The van der Waals surface area contributed by atoms with Gasteiger partial charge < -0.3 is 7.43 Å². The van der Waals surface area contributed by atoms with Crippen LogP contribution >= 0.6 is 0 Å². The molecule has 0 heterocycles. The third-order valence-electron chi connectivity index (χ3n) is 1.04. The van der Waals surface area contributed by atoms with Gasteiger partial charge in [-0.3, -0.25) is 0 Å². The Morgan fingerprint density at radius 3 is 1.90 bits per heavy atom. The fourth-order valence-corrected chi connectivity index (χ4v) is 0.589. The summed E-state index contributed by atoms with van der Waals surface area (Å²) in [5.41, 5.74) is 1.17. The Kier molecular flexibility index (Phi) is 8.16. The minimum atomic E-state index is 0. The fourth-order valence-electron chi connectivity index (χ4n) is 0.589. The largest absolute Gasteiger partial charge is 0.358 e. The second-order valence-electron chi connectivity index (χ2n) is 1.61. The molecule has 1 aromatic rings. The summed E-state index contributed by atoms with van der Waals surface area (Å²) in [6.07, 6.45) is 1.83. The summed E-state index contributed by atoms with van der Waals surface area (Å²) < 4.78 is 0. The molecular formula is C9H11V-. The maximum Gasteiger partial charge on any atom is 0 e. The van der Waals surface area contributed by atoms with Crippen molar-refractivity contribution in [3.63, 3.8) is 0 Å². The first-order valence-corrected chi connectivity index (χ1v) is 2.61. The molecule has 1 radical (unpaired) electrons. The molecule has 0 aliphatic rings. The van der Waals surface area contributed by atoms with Crippen molar-refractivity contribution in [1.82, 2.24) is 0 Å². The van der Waals surface area contributed by atoms with Gasteiger partial charge in [-0.05, 0) is 5.56 Å². The van der Waals surface area contributed by atoms with Crippen LogP contribution in [0.2, 0.25) is 0 Å². The van der Waals surface area contributed by atoms with E-state index in [2.05, 4.69) is 6.58 Å². The molecule has 0 unspecified atom stereocenters. The van der Waals surface area contributed by atoms with Crippen LogP contribution in [0.15, 0.2) is 36.9 Å². The third-order valence-corrected chi connectivity index (χ3v) is 1.04. The molecule has 1 aromatic carbocycles. The van der Waals surface area contributed by atoms with E-state index in [4.69, 9.17) is 0 Å². The van der Waals surface area contributed by atoms with Gasteiger partial charge in [0.1, 0.15) is 0 Å². The van der Waals surface area contributed by atoms with Crippen molar-refractivity contribution in [3.8, 4) is 0 Å². The summed E-state index contributed by atoms with van der Waals surface area (Å²) in [6, 6.07) is 10.0. The molecule has 0 aliphatic carbocycles. The molecule has 0 spiro atoms. The van der Waals surface area contributed by atoms with Crippen molar-refractivity contribution in [2.45, 2.75) is 0 Å². The zero-order valence-corrected chi connectivity index (χ0v) is 7.52. The van der Waals surface area contributed by atoms with Gasteiger partial charge in [0.25, 0.3) is 0 Å². The van der Waals surface area contributed by atoms with Gasteiger partial charge in [-0.15, -0.1) is 0 Å². The van der Waals surface area contributed by atoms with E-state index in [-0.39, 0.29) is 26.0 Å². The summed E-state index contributed by atoms with van der Waals surface area (Å²) >= 11 is 0. The van der Waals surface area contributed by atoms with E-state index in [9.17, 15) is 0 Å². The number of rotatable bonds is 1. The average Bonchev–Trinajstić information content (AvgIpc) is 1.90. The molecule has 53 valence electrons. The molecule has 10 heavy (non-hydrogen) atoms. The van der Waals surface area contributed by atoms with Gasteiger partial charge in [-0.25, -0.2) is 0 Å². The minimum absolute atomic E-state index is 0. The topological polar surface area (TPSA) is 0 Å². The van der Waals surface area contributed by atoms with Gasteiger partial charge in [0.2, 0.25) is 0 Å². The van der Waals surface area contributed by atoms with Gasteiger partial charge in [0, 0.05) is 18.6 Å². The Morgan fingerprint density at radius 2 is 1.60 bits per heavy atom. The molecule has 0 saturated carbocycles. The van der Waals surface area contributed by atoms with Crippen LogP contribution in [0.3, 0.4) is 0 Å². The predicted molar refractivity (Wildman–Crippen MR) is 42.9 cm³/mol. The van der Waals surface area contributed by atoms with Crippen LogP contribution < -0.4 is 0 Å². The SMILES string of the molecule is C=Cc1ccccc1.[CH3-].[V]. The van der Waals surface area contributed by atoms with Crippen LogP contribution in [0.4, 0.5) is 0 Å². The zero-order valence-electron chi connectivity index (χ0n) is 6.12. The summed E-state index contributed by atoms with van der Waals surface area (Å²) in [7, 11) is 0. The minimum Gasteiger partial charge on any atom is -0.358 e. The Labute approximate surface area is 74.9 Å². The smallest absolute Gasteiger partial charge is 0 e. The predicted octanol–water partition coefficient (Wildman–Crippen LogP) is 2.78. The van der Waals surface area contributed by atoms with Crippen molar-refractivity contribution in [2.24, 2.45) is 0 Å². The first kappa shape index (κ1) is 12.2. The van der Waals surface area contributed by atoms with Gasteiger partial charge >= 0.3 is 0 Å². The number of hydrogen-bond acceptors (Lipinski definition) is 0. The van der Waals surface area contributed by atoms with E-state index in [1.165, 1.54) is 5.56 Å². The van der Waals surface area contributed by atoms with Crippen molar-refractivity contribution in [2.75, 3.05) is 0 Å². The quantitative estimate of drug-likeness (QED) is 0.568. The van der Waals surface area contributed by atoms with Gasteiger partial charge in [0.15, 0.2) is 0 Å². The molecule has 0 saturated heterocycles. The monoisotopic (exact) mass is 170 g/mol. The standard InChI is InChI=1S/C8H8.CH3.V/c1-2-8-6-4-3-5-7-8;;/h2-7H,1H2;1H3;/q;-1;. The molecule has 0 aliphatic heterocycles. The van der Waals surface area contributed by atoms with Gasteiger partial charge in [0.05, 0.1) is 0 Å². The molecule has 0 aromatic heterocycles. The molecule has 1 rings (SSSR count). The van der Waals surface area contributed by atoms with Crippen LogP contribution in [0, 0.1) is 7.43 Å². The normalized spacial score (nSPS) is 6.80. The summed E-state index contributed by atoms with van der Waals surface area (Å²) in [6.45, 7) is 3.63. The van der Waals surface area contributed by atoms with E-state index >= 15 is 0 Å². The Bertz CT molecular complexity index is 167. The fraction of sp³-hybridized carbons (Fsp3) is 0. The van der Waals surface area contributed by atoms with Crippen LogP contribution in [0.25, 0.3) is 6.08 Å². The van der Waals surface area contributed by atoms with Crippen LogP contribution in [-0.2, 0) is 18.6 Å². The van der Waals surface area contributed by atoms with Gasteiger partial charge in [-0.2, -0.15) is 0 Å². The summed E-state index contributed by atoms with van der Waals surface area (Å²) in [4.78, 5) is 0. The maximum absolute atomic E-state index is 3.63. The van der Waals surface area contributed by atoms with E-state index in [1.54, 1.807) is 0 Å². The van der Waals surface area contributed by atoms with E-state index in [1.807, 2.05) is 36.4 Å². The van der Waals surface area contributed by atoms with E-state index in [0.29, 0.717) is 0 Å². The van der Waals surface area contributed by atoms with Crippen LogP contribution in [-0.4, -0.2) is 0 Å². The molecule has 0 N–H and O–H groups in total. The van der Waals surface area contributed by atoms with E-state index in [0.717, 1.165) is 0 Å². The van der Waals surface area contributed by atoms with Crippen LogP contribution in [0.1, 0.15) is 5.56 Å². The first-order valence-electron chi connectivity index (χ1n) is 2.61. The number of hydrogen-bond donors (Lipinski definition) is 0. The molecule has 0 nitrogen and oxygen atoms in total. The second-order valence-corrected chi connectivity index (χ2v) is 1.61. The third kappa shape index (κ3) is 3.55. The Balaban J connectivity index is 0. The average molecular weight is 170 g/mol. The summed E-state index contributed by atoms with van der Waals surface area (Å²) in [5.74, 6) is 0. The van der Waals surface area contributed by atoms with Crippen molar-refractivity contribution in [1.29, 1.82) is 0 Å². The Hall–Kier alpha value is -0.456. The molecular weight excluding hydrogens is 159 g/mol. The number of benzene rings is 1. The molecule has 0 fully saturated rings. The van der Waals surface area contributed by atoms with Gasteiger partial charge in [-0.1, -0.05) is 43.0 Å². The Morgan fingerprint density at radius 1 is 1.10 bits per heavy atom. The van der Waals surface area contributed by atoms with E-state index < -0.39 is 0 Å². The molecule has 0 bridgehead atoms. The van der Waals surface area contributed by atoms with Crippen molar-refractivity contribution >= 4 is 6.08 Å². The van der Waals surface area contributed by atoms with Crippen molar-refractivity contribution in [3.05, 3.63) is 49.9 Å². The van der Waals surface area contributed by atoms with Crippen molar-refractivity contribution < 1.29 is 18.6 Å². The second kappa shape index (κ2) is 6.66. The first-order chi connectivity index (χ1) is 3.93.